The van der Waals surface area contributed by atoms with E-state index in [2.05, 4.69) is 15.6 Å². The first-order valence-corrected chi connectivity index (χ1v) is 11.3. The maximum Gasteiger partial charge on any atom is 0.326 e. The van der Waals surface area contributed by atoms with Crippen molar-refractivity contribution in [2.75, 3.05) is 22.6 Å². The Labute approximate surface area is 212 Å². The highest BCUT2D eigenvalue weighted by atomic mass is 19.1. The molecule has 37 heavy (non-hydrogen) atoms. The lowest BCUT2D eigenvalue weighted by Gasteiger charge is -2.23. The summed E-state index contributed by atoms with van der Waals surface area (Å²) in [5, 5.41) is 13.6. The lowest BCUT2D eigenvalue weighted by Crippen LogP contribution is -2.29. The molecule has 0 fully saturated rings. The van der Waals surface area contributed by atoms with Crippen LogP contribution in [0, 0.1) is 28.4 Å². The van der Waals surface area contributed by atoms with E-state index in [9.17, 15) is 23.2 Å². The number of carbonyl (C=O) groups is 3. The van der Waals surface area contributed by atoms with Crippen molar-refractivity contribution in [3.05, 3.63) is 47.5 Å². The Kier molecular flexibility index (Phi) is 7.76. The second kappa shape index (κ2) is 10.6. The number of rotatable bonds is 7. The highest BCUT2D eigenvalue weighted by Gasteiger charge is 2.22. The molecule has 0 aliphatic rings. The molecule has 0 aliphatic carbocycles. The van der Waals surface area contributed by atoms with Gasteiger partial charge in [-0.05, 0) is 35.7 Å². The number of nitriles is 1. The van der Waals surface area contributed by atoms with Crippen LogP contribution >= 0.6 is 0 Å². The van der Waals surface area contributed by atoms with Crippen LogP contribution in [0.5, 0.6) is 0 Å². The number of carbonyl (C=O) groups excluding carboxylic acids is 3. The minimum atomic E-state index is -1.22. The molecule has 1 aromatic heterocycles. The fraction of sp³-hybridized carbons (Fsp3) is 0.320. The number of halogens is 2. The lowest BCUT2D eigenvalue weighted by molar-refractivity contribution is -0.120. The second-order valence-electron chi connectivity index (χ2n) is 9.64. The number of primary amides is 1. The van der Waals surface area contributed by atoms with Crippen LogP contribution in [0.4, 0.5) is 30.9 Å². The Morgan fingerprint density at radius 3 is 2.49 bits per heavy atom. The van der Waals surface area contributed by atoms with Gasteiger partial charge in [0.25, 0.3) is 0 Å². The third-order valence-corrected chi connectivity index (χ3v) is 5.43. The van der Waals surface area contributed by atoms with Crippen LogP contribution in [0.15, 0.2) is 30.3 Å². The van der Waals surface area contributed by atoms with Gasteiger partial charge in [0.1, 0.15) is 17.4 Å². The van der Waals surface area contributed by atoms with Gasteiger partial charge in [-0.2, -0.15) is 5.26 Å². The van der Waals surface area contributed by atoms with Crippen LogP contribution < -0.4 is 21.3 Å². The van der Waals surface area contributed by atoms with Gasteiger partial charge in [0.15, 0.2) is 5.82 Å². The lowest BCUT2D eigenvalue weighted by atomic mass is 9.91. The molecule has 4 amide bonds. The first-order valence-electron chi connectivity index (χ1n) is 11.3. The number of nitrogens with one attached hydrogen (secondary N) is 2. The molecule has 0 saturated carbocycles. The third-order valence-electron chi connectivity index (χ3n) is 5.43. The first kappa shape index (κ1) is 27.1. The van der Waals surface area contributed by atoms with E-state index in [1.54, 1.807) is 29.8 Å². The van der Waals surface area contributed by atoms with Crippen molar-refractivity contribution >= 4 is 46.2 Å². The first-order chi connectivity index (χ1) is 17.3. The number of nitrogens with zero attached hydrogens (tertiary/aromatic N) is 4. The van der Waals surface area contributed by atoms with Gasteiger partial charge in [-0.25, -0.2) is 18.6 Å². The summed E-state index contributed by atoms with van der Waals surface area (Å²) in [4.78, 5) is 42.6. The topological polar surface area (TPSA) is 146 Å². The zero-order valence-electron chi connectivity index (χ0n) is 20.9. The number of amides is 4. The molecule has 10 nitrogen and oxygen atoms in total. The highest BCUT2D eigenvalue weighted by molar-refractivity contribution is 6.00. The van der Waals surface area contributed by atoms with Crippen LogP contribution in [0.1, 0.15) is 39.2 Å². The van der Waals surface area contributed by atoms with Crippen LogP contribution in [0.2, 0.25) is 0 Å². The molecule has 3 aromatic rings. The zero-order valence-corrected chi connectivity index (χ0v) is 20.9. The molecule has 12 heteroatoms. The standard InChI is InChI=1S/C25H27F2N7O3/c1-25(2,3)12-21(36)33(4)14-5-8-19-18(11-14)30-23(34(19)10-9-20(29)35)32-24(37)31-17-7-6-16(26)15(13-28)22(17)27/h5-8,11H,9-10,12H2,1-4H3,(H2,29,35)(H2,30,31,32,37). The Bertz CT molecular complexity index is 1420. The molecule has 0 saturated heterocycles. The van der Waals surface area contributed by atoms with Crippen molar-refractivity contribution in [2.24, 2.45) is 11.1 Å². The summed E-state index contributed by atoms with van der Waals surface area (Å²) in [5.41, 5.74) is 5.41. The van der Waals surface area contributed by atoms with E-state index in [0.29, 0.717) is 23.1 Å². The number of anilines is 3. The van der Waals surface area contributed by atoms with Crippen molar-refractivity contribution in [1.82, 2.24) is 9.55 Å². The van der Waals surface area contributed by atoms with E-state index in [-0.39, 0.29) is 30.2 Å². The van der Waals surface area contributed by atoms with E-state index >= 15 is 0 Å². The normalized spacial score (nSPS) is 11.2. The van der Waals surface area contributed by atoms with E-state index in [1.807, 2.05) is 20.8 Å². The number of hydrogen-bond donors (Lipinski definition) is 3. The van der Waals surface area contributed by atoms with Crippen molar-refractivity contribution in [3.63, 3.8) is 0 Å². The molecule has 2 aromatic carbocycles. The smallest absolute Gasteiger partial charge is 0.326 e. The van der Waals surface area contributed by atoms with Gasteiger partial charge in [-0.3, -0.25) is 14.9 Å². The number of hydrogen-bond acceptors (Lipinski definition) is 5. The van der Waals surface area contributed by atoms with Gasteiger partial charge >= 0.3 is 6.03 Å². The fourth-order valence-corrected chi connectivity index (χ4v) is 3.59. The van der Waals surface area contributed by atoms with E-state index in [4.69, 9.17) is 11.0 Å². The Morgan fingerprint density at radius 1 is 1.16 bits per heavy atom. The van der Waals surface area contributed by atoms with Gasteiger partial charge in [0, 0.05) is 32.1 Å². The summed E-state index contributed by atoms with van der Waals surface area (Å²) < 4.78 is 29.5. The van der Waals surface area contributed by atoms with Crippen molar-refractivity contribution in [2.45, 2.75) is 40.2 Å². The second-order valence-corrected chi connectivity index (χ2v) is 9.64. The van der Waals surface area contributed by atoms with Crippen molar-refractivity contribution < 1.29 is 23.2 Å². The molecule has 0 aliphatic heterocycles. The van der Waals surface area contributed by atoms with Crippen molar-refractivity contribution in [3.8, 4) is 6.07 Å². The molecule has 0 bridgehead atoms. The molecule has 194 valence electrons. The summed E-state index contributed by atoms with van der Waals surface area (Å²) >= 11 is 0. The highest BCUT2D eigenvalue weighted by Crippen LogP contribution is 2.28. The monoisotopic (exact) mass is 511 g/mol. The molecule has 0 atom stereocenters. The zero-order chi connectivity index (χ0) is 27.5. The minimum Gasteiger partial charge on any atom is -0.370 e. The Hall–Kier alpha value is -4.53. The molecular weight excluding hydrogens is 484 g/mol. The van der Waals surface area contributed by atoms with Gasteiger partial charge in [-0.1, -0.05) is 20.8 Å². The predicted octanol–water partition coefficient (Wildman–Crippen LogP) is 4.10. The molecule has 0 spiro atoms. The van der Waals surface area contributed by atoms with Gasteiger partial charge in [0.2, 0.25) is 17.8 Å². The number of aryl methyl sites for hydroxylation is 1. The summed E-state index contributed by atoms with van der Waals surface area (Å²) in [6, 6.07) is 7.41. The summed E-state index contributed by atoms with van der Waals surface area (Å²) in [6.07, 6.45) is 0.278. The Balaban J connectivity index is 1.92. The quantitative estimate of drug-likeness (QED) is 0.437. The number of urea groups is 1. The molecule has 1 heterocycles. The van der Waals surface area contributed by atoms with Crippen LogP contribution in [0.3, 0.4) is 0 Å². The summed E-state index contributed by atoms with van der Waals surface area (Å²) in [6.45, 7) is 5.97. The molecular formula is C25H27F2N7O3. The minimum absolute atomic E-state index is 0.0256. The summed E-state index contributed by atoms with van der Waals surface area (Å²) in [7, 11) is 1.65. The number of imidazole rings is 1. The molecule has 0 unspecified atom stereocenters. The number of nitrogens with two attached hydrogens (primary N) is 1. The average molecular weight is 512 g/mol. The maximum absolute atomic E-state index is 14.4. The molecule has 0 radical (unpaired) electrons. The van der Waals surface area contributed by atoms with E-state index in [0.717, 1.165) is 12.1 Å². The number of fused-ring (bicyclic) bond motifs is 1. The van der Waals surface area contributed by atoms with E-state index in [1.165, 1.54) is 11.0 Å². The number of aromatic nitrogens is 2. The van der Waals surface area contributed by atoms with Gasteiger partial charge in [0.05, 0.1) is 16.7 Å². The molecule has 4 N–H and O–H groups in total. The third kappa shape index (κ3) is 6.38. The van der Waals surface area contributed by atoms with Crippen molar-refractivity contribution in [1.29, 1.82) is 5.26 Å². The summed E-state index contributed by atoms with van der Waals surface area (Å²) in [5.74, 6) is -2.90. The predicted molar refractivity (Wildman–Crippen MR) is 135 cm³/mol. The van der Waals surface area contributed by atoms with Crippen LogP contribution in [0.25, 0.3) is 11.0 Å². The maximum atomic E-state index is 14.4. The van der Waals surface area contributed by atoms with Crippen LogP contribution in [-0.4, -0.2) is 34.4 Å². The number of benzene rings is 2. The van der Waals surface area contributed by atoms with E-state index < -0.39 is 34.8 Å². The fourth-order valence-electron chi connectivity index (χ4n) is 3.59. The van der Waals surface area contributed by atoms with Gasteiger partial charge in [-0.15, -0.1) is 0 Å². The SMILES string of the molecule is CN(C(=O)CC(C)(C)C)c1ccc2c(c1)nc(NC(=O)Nc1ccc(F)c(C#N)c1F)n2CCC(N)=O. The van der Waals surface area contributed by atoms with Gasteiger partial charge < -0.3 is 20.5 Å². The largest absolute Gasteiger partial charge is 0.370 e. The average Bonchev–Trinajstić information content (AvgIpc) is 3.14. The van der Waals surface area contributed by atoms with Crippen LogP contribution in [-0.2, 0) is 16.1 Å². The molecule has 3 rings (SSSR count). The Morgan fingerprint density at radius 2 is 1.86 bits per heavy atom.